The maximum Gasteiger partial charge on any atom is 0.145 e. The van der Waals surface area contributed by atoms with E-state index in [2.05, 4.69) is 31.7 Å². The molecule has 0 aromatic carbocycles. The summed E-state index contributed by atoms with van der Waals surface area (Å²) in [4.78, 5) is 16.9. The smallest absolute Gasteiger partial charge is 0.145 e. The SMILES string of the molecule is N#CCC1CCC(n2c(-c3cccnc3N)nc3cnc4[nH]ccc4c32)CC1. The van der Waals surface area contributed by atoms with E-state index < -0.39 is 0 Å². The van der Waals surface area contributed by atoms with E-state index in [4.69, 9.17) is 16.0 Å². The number of H-pyrrole nitrogens is 1. The Kier molecular flexibility index (Phi) is 3.97. The van der Waals surface area contributed by atoms with E-state index in [1.165, 1.54) is 0 Å². The Bertz CT molecular complexity index is 1190. The number of nitriles is 1. The van der Waals surface area contributed by atoms with Crippen LogP contribution >= 0.6 is 0 Å². The minimum Gasteiger partial charge on any atom is -0.383 e. The van der Waals surface area contributed by atoms with Crippen molar-refractivity contribution in [1.29, 1.82) is 5.26 Å². The van der Waals surface area contributed by atoms with Gasteiger partial charge < -0.3 is 15.3 Å². The lowest BCUT2D eigenvalue weighted by Gasteiger charge is -2.30. The van der Waals surface area contributed by atoms with Crippen LogP contribution in [0.4, 0.5) is 5.82 Å². The topological polar surface area (TPSA) is 109 Å². The summed E-state index contributed by atoms with van der Waals surface area (Å²) >= 11 is 0. The summed E-state index contributed by atoms with van der Waals surface area (Å²) in [7, 11) is 0. The van der Waals surface area contributed by atoms with E-state index in [0.29, 0.717) is 24.2 Å². The molecule has 28 heavy (non-hydrogen) atoms. The van der Waals surface area contributed by atoms with Gasteiger partial charge in [-0.1, -0.05) is 0 Å². The van der Waals surface area contributed by atoms with E-state index in [9.17, 15) is 0 Å². The minimum absolute atomic E-state index is 0.315. The minimum atomic E-state index is 0.315. The number of nitrogens with zero attached hydrogens (tertiary/aromatic N) is 5. The third kappa shape index (κ3) is 2.61. The molecule has 140 valence electrons. The van der Waals surface area contributed by atoms with Gasteiger partial charge in [-0.15, -0.1) is 0 Å². The molecule has 1 fully saturated rings. The van der Waals surface area contributed by atoms with Crippen LogP contribution in [0, 0.1) is 17.2 Å². The second kappa shape index (κ2) is 6.64. The first-order chi connectivity index (χ1) is 13.8. The third-order valence-electron chi connectivity index (χ3n) is 5.88. The van der Waals surface area contributed by atoms with Crippen LogP contribution in [0.15, 0.2) is 36.8 Å². The normalized spacial score (nSPS) is 19.8. The number of anilines is 1. The number of hydrogen-bond donors (Lipinski definition) is 2. The van der Waals surface area contributed by atoms with Crippen molar-refractivity contribution in [2.45, 2.75) is 38.1 Å². The summed E-state index contributed by atoms with van der Waals surface area (Å²) in [5, 5.41) is 10.1. The number of nitrogens with two attached hydrogens (primary N) is 1. The molecular formula is C21H21N7. The predicted octanol–water partition coefficient (Wildman–Crippen LogP) is 4.20. The fourth-order valence-corrected chi connectivity index (χ4v) is 4.48. The van der Waals surface area contributed by atoms with Gasteiger partial charge >= 0.3 is 0 Å². The molecular weight excluding hydrogens is 350 g/mol. The Morgan fingerprint density at radius 3 is 2.86 bits per heavy atom. The second-order valence-electron chi connectivity index (χ2n) is 7.51. The van der Waals surface area contributed by atoms with Gasteiger partial charge in [0.2, 0.25) is 0 Å². The van der Waals surface area contributed by atoms with Crippen molar-refractivity contribution < 1.29 is 0 Å². The Balaban J connectivity index is 1.71. The summed E-state index contributed by atoms with van der Waals surface area (Å²) in [6, 6.07) is 8.56. The van der Waals surface area contributed by atoms with E-state index >= 15 is 0 Å². The first kappa shape index (κ1) is 16.8. The maximum atomic E-state index is 9.03. The molecule has 0 bridgehead atoms. The Morgan fingerprint density at radius 1 is 1.21 bits per heavy atom. The van der Waals surface area contributed by atoms with Crippen LogP contribution < -0.4 is 5.73 Å². The molecule has 0 aliphatic heterocycles. The molecule has 7 nitrogen and oxygen atoms in total. The number of rotatable bonds is 3. The van der Waals surface area contributed by atoms with Gasteiger partial charge in [-0.2, -0.15) is 5.26 Å². The number of aromatic nitrogens is 5. The molecule has 0 amide bonds. The molecule has 7 heteroatoms. The van der Waals surface area contributed by atoms with Crippen LogP contribution in [-0.2, 0) is 0 Å². The number of pyridine rings is 2. The van der Waals surface area contributed by atoms with Gasteiger partial charge in [0.1, 0.15) is 22.8 Å². The number of nitrogens with one attached hydrogen (secondary N) is 1. The fraction of sp³-hybridized carbons (Fsp3) is 0.333. The molecule has 5 rings (SSSR count). The molecule has 0 saturated heterocycles. The van der Waals surface area contributed by atoms with Gasteiger partial charge in [0.15, 0.2) is 0 Å². The zero-order chi connectivity index (χ0) is 19.1. The van der Waals surface area contributed by atoms with Crippen LogP contribution in [0.3, 0.4) is 0 Å². The van der Waals surface area contributed by atoms with Gasteiger partial charge in [0.05, 0.1) is 23.3 Å². The summed E-state index contributed by atoms with van der Waals surface area (Å²) < 4.78 is 2.34. The van der Waals surface area contributed by atoms with E-state index in [0.717, 1.165) is 59.1 Å². The predicted molar refractivity (Wildman–Crippen MR) is 108 cm³/mol. The van der Waals surface area contributed by atoms with Crippen molar-refractivity contribution in [1.82, 2.24) is 24.5 Å². The largest absolute Gasteiger partial charge is 0.383 e. The van der Waals surface area contributed by atoms with Gasteiger partial charge in [-0.05, 0) is 49.8 Å². The molecule has 0 unspecified atom stereocenters. The standard InChI is InChI=1S/C21H21N7/c22-9-7-13-3-5-14(6-4-13)28-18-15-8-11-25-20(15)26-12-17(18)27-21(28)16-2-1-10-24-19(16)23/h1-2,8,10-14H,3-7H2,(H2,23,24)(H,25,26). The molecule has 1 saturated carbocycles. The zero-order valence-electron chi connectivity index (χ0n) is 15.5. The monoisotopic (exact) mass is 371 g/mol. The van der Waals surface area contributed by atoms with Crippen LogP contribution in [0.2, 0.25) is 0 Å². The molecule has 0 radical (unpaired) electrons. The average Bonchev–Trinajstić information content (AvgIpc) is 3.33. The van der Waals surface area contributed by atoms with Crippen LogP contribution in [-0.4, -0.2) is 24.5 Å². The van der Waals surface area contributed by atoms with Crippen molar-refractivity contribution in [3.8, 4) is 17.5 Å². The number of fused-ring (bicyclic) bond motifs is 3. The Hall–Kier alpha value is -3.40. The van der Waals surface area contributed by atoms with Gasteiger partial charge in [-0.3, -0.25) is 0 Å². The van der Waals surface area contributed by atoms with Gasteiger partial charge in [0.25, 0.3) is 0 Å². The number of nitrogen functional groups attached to an aromatic ring is 1. The molecule has 3 N–H and O–H groups in total. The van der Waals surface area contributed by atoms with E-state index in [1.807, 2.05) is 24.5 Å². The Morgan fingerprint density at radius 2 is 2.07 bits per heavy atom. The van der Waals surface area contributed by atoms with E-state index in [-0.39, 0.29) is 0 Å². The number of aromatic amines is 1. The number of imidazole rings is 1. The van der Waals surface area contributed by atoms with Gasteiger partial charge in [0, 0.05) is 30.2 Å². The lowest BCUT2D eigenvalue weighted by atomic mass is 9.84. The third-order valence-corrected chi connectivity index (χ3v) is 5.88. The van der Waals surface area contributed by atoms with Crippen molar-refractivity contribution in [2.24, 2.45) is 5.92 Å². The average molecular weight is 371 g/mol. The van der Waals surface area contributed by atoms with Crippen LogP contribution in [0.5, 0.6) is 0 Å². The molecule has 1 aliphatic carbocycles. The molecule has 0 atom stereocenters. The summed E-state index contributed by atoms with van der Waals surface area (Å²) in [6.45, 7) is 0. The molecule has 1 aliphatic rings. The Labute approximate surface area is 162 Å². The summed E-state index contributed by atoms with van der Waals surface area (Å²) in [5.74, 6) is 1.83. The fourth-order valence-electron chi connectivity index (χ4n) is 4.48. The molecule has 4 aromatic rings. The highest BCUT2D eigenvalue weighted by atomic mass is 15.1. The summed E-state index contributed by atoms with van der Waals surface area (Å²) in [6.07, 6.45) is 10.2. The van der Waals surface area contributed by atoms with Crippen LogP contribution in [0.25, 0.3) is 33.5 Å². The summed E-state index contributed by atoms with van der Waals surface area (Å²) in [5.41, 5.74) is 9.87. The first-order valence-corrected chi connectivity index (χ1v) is 9.68. The van der Waals surface area contributed by atoms with Crippen molar-refractivity contribution in [2.75, 3.05) is 5.73 Å². The highest BCUT2D eigenvalue weighted by molar-refractivity contribution is 6.02. The highest BCUT2D eigenvalue weighted by Gasteiger charge is 2.28. The van der Waals surface area contributed by atoms with Crippen molar-refractivity contribution in [3.05, 3.63) is 36.8 Å². The number of hydrogen-bond acceptors (Lipinski definition) is 5. The first-order valence-electron chi connectivity index (χ1n) is 9.68. The lowest BCUT2D eigenvalue weighted by Crippen LogP contribution is -2.19. The zero-order valence-corrected chi connectivity index (χ0v) is 15.5. The van der Waals surface area contributed by atoms with Crippen LogP contribution in [0.1, 0.15) is 38.1 Å². The molecule has 4 aromatic heterocycles. The van der Waals surface area contributed by atoms with Crippen molar-refractivity contribution in [3.63, 3.8) is 0 Å². The van der Waals surface area contributed by atoms with Crippen molar-refractivity contribution >= 4 is 27.9 Å². The molecule has 4 heterocycles. The van der Waals surface area contributed by atoms with E-state index in [1.54, 1.807) is 6.20 Å². The quantitative estimate of drug-likeness (QED) is 0.561. The molecule has 0 spiro atoms. The van der Waals surface area contributed by atoms with Gasteiger partial charge in [-0.25, -0.2) is 15.0 Å². The lowest BCUT2D eigenvalue weighted by molar-refractivity contribution is 0.283. The highest BCUT2D eigenvalue weighted by Crippen LogP contribution is 2.40. The maximum absolute atomic E-state index is 9.03. The second-order valence-corrected chi connectivity index (χ2v) is 7.51.